The number of nitrogens with zero attached hydrogens (tertiary/aromatic N) is 2. The van der Waals surface area contributed by atoms with E-state index in [-0.39, 0.29) is 9.98 Å². The van der Waals surface area contributed by atoms with Crippen molar-refractivity contribution in [3.05, 3.63) is 47.5 Å². The number of nitrogens with one attached hydrogen (secondary N) is 2. The molecular weight excluding hydrogens is 496 g/mol. The highest BCUT2D eigenvalue weighted by molar-refractivity contribution is 7.81. The molecule has 0 spiro atoms. The topological polar surface area (TPSA) is 111 Å². The predicted octanol–water partition coefficient (Wildman–Crippen LogP) is 2.90. The maximum absolute atomic E-state index is 12.2. The fourth-order valence-corrected chi connectivity index (χ4v) is 3.24. The van der Waals surface area contributed by atoms with Crippen molar-refractivity contribution in [1.82, 2.24) is 20.9 Å². The van der Waals surface area contributed by atoms with Crippen LogP contribution in [0.5, 0.6) is 23.0 Å². The Kier molecular flexibility index (Phi) is 9.85. The first-order valence-electron chi connectivity index (χ1n) is 9.94. The summed E-state index contributed by atoms with van der Waals surface area (Å²) in [6.07, 6.45) is -2.15. The summed E-state index contributed by atoms with van der Waals surface area (Å²) < 4.78 is 25.8. The van der Waals surface area contributed by atoms with Gasteiger partial charge in [-0.2, -0.15) is 0 Å². The minimum Gasteiger partial charge on any atom is -0.497 e. The molecule has 11 nitrogen and oxygen atoms in total. The molecule has 0 radical (unpaired) electrons. The SMILES string of the molecule is COc1ccc(OC)c(C(=S)N(C)NC(=O)OC(=O)NN(C)C(=S)c2cc(OC)ccc2OC)c1. The zero-order chi connectivity index (χ0) is 26.1. The lowest BCUT2D eigenvalue weighted by Gasteiger charge is -2.23. The number of ether oxygens (including phenoxy) is 5. The van der Waals surface area contributed by atoms with Crippen LogP contribution in [0.25, 0.3) is 0 Å². The summed E-state index contributed by atoms with van der Waals surface area (Å²) >= 11 is 10.8. The Hall–Kier alpha value is -3.84. The molecule has 2 aromatic carbocycles. The zero-order valence-electron chi connectivity index (χ0n) is 20.0. The molecule has 2 N–H and O–H groups in total. The number of thiocarbonyl (C=S) groups is 2. The molecule has 0 atom stereocenters. The van der Waals surface area contributed by atoms with Gasteiger partial charge in [0.1, 0.15) is 33.0 Å². The van der Waals surface area contributed by atoms with E-state index in [0.29, 0.717) is 34.1 Å². The van der Waals surface area contributed by atoms with Gasteiger partial charge in [-0.25, -0.2) is 20.4 Å². The molecule has 0 bridgehead atoms. The molecule has 188 valence electrons. The predicted molar refractivity (Wildman–Crippen MR) is 136 cm³/mol. The van der Waals surface area contributed by atoms with Gasteiger partial charge in [0.25, 0.3) is 0 Å². The molecule has 13 heteroatoms. The average molecular weight is 523 g/mol. The Labute approximate surface area is 213 Å². The summed E-state index contributed by atoms with van der Waals surface area (Å²) in [5, 5.41) is 2.41. The molecule has 0 unspecified atom stereocenters. The highest BCUT2D eigenvalue weighted by Crippen LogP contribution is 2.26. The Morgan fingerprint density at radius 2 is 1.06 bits per heavy atom. The third-order valence-electron chi connectivity index (χ3n) is 4.59. The molecular formula is C22H26N4O7S2. The second-order valence-corrected chi connectivity index (χ2v) is 7.53. The molecule has 0 saturated heterocycles. The Bertz CT molecular complexity index is 1030. The van der Waals surface area contributed by atoms with Crippen molar-refractivity contribution >= 4 is 46.6 Å². The lowest BCUT2D eigenvalue weighted by molar-refractivity contribution is 0.130. The van der Waals surface area contributed by atoms with Crippen LogP contribution >= 0.6 is 24.4 Å². The Morgan fingerprint density at radius 3 is 1.37 bits per heavy atom. The van der Waals surface area contributed by atoms with E-state index in [1.807, 2.05) is 0 Å². The zero-order valence-corrected chi connectivity index (χ0v) is 21.7. The number of hydrazine groups is 2. The summed E-state index contributed by atoms with van der Waals surface area (Å²) in [5.41, 5.74) is 5.69. The van der Waals surface area contributed by atoms with Crippen molar-refractivity contribution in [3.63, 3.8) is 0 Å². The number of rotatable bonds is 6. The molecule has 0 fully saturated rings. The maximum Gasteiger partial charge on any atom is 0.435 e. The number of methoxy groups -OCH3 is 4. The van der Waals surface area contributed by atoms with Crippen LogP contribution < -0.4 is 29.8 Å². The van der Waals surface area contributed by atoms with E-state index < -0.39 is 12.2 Å². The van der Waals surface area contributed by atoms with Gasteiger partial charge in [0.05, 0.1) is 39.6 Å². The van der Waals surface area contributed by atoms with Crippen molar-refractivity contribution < 1.29 is 33.3 Å². The van der Waals surface area contributed by atoms with Crippen molar-refractivity contribution in [1.29, 1.82) is 0 Å². The number of hydrogen-bond donors (Lipinski definition) is 2. The standard InChI is InChI=1S/C22H26N4O7S2/c1-25(19(34)15-11-13(29-3)7-9-17(15)31-5)23-21(27)33-22(28)24-26(2)20(35)16-12-14(30-4)8-10-18(16)32-6/h7-12H,1-6H3,(H,23,27)(H,24,28). The lowest BCUT2D eigenvalue weighted by Crippen LogP contribution is -2.48. The second kappa shape index (κ2) is 12.6. The van der Waals surface area contributed by atoms with Gasteiger partial charge in [0.2, 0.25) is 0 Å². The van der Waals surface area contributed by atoms with Crippen LogP contribution in [0.1, 0.15) is 11.1 Å². The van der Waals surface area contributed by atoms with Crippen LogP contribution in [-0.4, -0.2) is 74.7 Å². The summed E-state index contributed by atoms with van der Waals surface area (Å²) in [4.78, 5) is 24.9. The molecule has 0 saturated carbocycles. The van der Waals surface area contributed by atoms with E-state index in [1.54, 1.807) is 36.4 Å². The number of benzene rings is 2. The summed E-state index contributed by atoms with van der Waals surface area (Å²) in [7, 11) is 8.97. The molecule has 0 aliphatic carbocycles. The quantitative estimate of drug-likeness (QED) is 0.332. The van der Waals surface area contributed by atoms with E-state index in [9.17, 15) is 9.59 Å². The molecule has 0 aliphatic heterocycles. The molecule has 2 aromatic rings. The van der Waals surface area contributed by atoms with Gasteiger partial charge >= 0.3 is 12.2 Å². The second-order valence-electron chi connectivity index (χ2n) is 6.76. The van der Waals surface area contributed by atoms with E-state index in [0.717, 1.165) is 0 Å². The van der Waals surface area contributed by atoms with Crippen LogP contribution in [0.4, 0.5) is 9.59 Å². The number of carbonyl (C=O) groups is 2. The van der Waals surface area contributed by atoms with E-state index in [2.05, 4.69) is 10.9 Å². The number of hydrogen-bond acceptors (Lipinski definition) is 9. The third-order valence-corrected chi connectivity index (χ3v) is 5.57. The van der Waals surface area contributed by atoms with Gasteiger partial charge in [0.15, 0.2) is 0 Å². The largest absolute Gasteiger partial charge is 0.497 e. The summed E-state index contributed by atoms with van der Waals surface area (Å²) in [6, 6.07) is 10.1. The number of amides is 2. The maximum atomic E-state index is 12.2. The normalized spacial score (nSPS) is 9.89. The van der Waals surface area contributed by atoms with Crippen molar-refractivity contribution in [2.75, 3.05) is 42.5 Å². The third kappa shape index (κ3) is 7.07. The fourth-order valence-electron chi connectivity index (χ4n) is 2.83. The van der Waals surface area contributed by atoms with Crippen LogP contribution in [0.3, 0.4) is 0 Å². The monoisotopic (exact) mass is 522 g/mol. The first-order chi connectivity index (χ1) is 16.6. The van der Waals surface area contributed by atoms with Gasteiger partial charge in [-0.05, 0) is 36.4 Å². The molecule has 0 aromatic heterocycles. The molecule has 0 aliphatic rings. The molecule has 35 heavy (non-hydrogen) atoms. The van der Waals surface area contributed by atoms with Crippen LogP contribution in [0, 0.1) is 0 Å². The van der Waals surface area contributed by atoms with E-state index >= 15 is 0 Å². The van der Waals surface area contributed by atoms with Crippen LogP contribution in [-0.2, 0) is 4.74 Å². The highest BCUT2D eigenvalue weighted by atomic mass is 32.1. The summed E-state index contributed by atoms with van der Waals surface area (Å²) in [5.74, 6) is 2.03. The fraction of sp³-hybridized carbons (Fsp3) is 0.273. The van der Waals surface area contributed by atoms with E-state index in [1.165, 1.54) is 52.6 Å². The van der Waals surface area contributed by atoms with Crippen LogP contribution in [0.2, 0.25) is 0 Å². The Morgan fingerprint density at radius 1 is 0.686 bits per heavy atom. The Balaban J connectivity index is 2.00. The first kappa shape index (κ1) is 27.4. The van der Waals surface area contributed by atoms with Crippen LogP contribution in [0.15, 0.2) is 36.4 Å². The number of carbonyl (C=O) groups excluding carboxylic acids is 2. The van der Waals surface area contributed by atoms with Crippen molar-refractivity contribution in [2.24, 2.45) is 0 Å². The molecule has 2 amide bonds. The average Bonchev–Trinajstić information content (AvgIpc) is 2.86. The first-order valence-corrected chi connectivity index (χ1v) is 10.8. The minimum absolute atomic E-state index is 0.196. The van der Waals surface area contributed by atoms with Gasteiger partial charge in [-0.1, -0.05) is 24.4 Å². The van der Waals surface area contributed by atoms with Gasteiger partial charge in [-0.15, -0.1) is 0 Å². The van der Waals surface area contributed by atoms with E-state index in [4.69, 9.17) is 48.1 Å². The molecule has 0 heterocycles. The van der Waals surface area contributed by atoms with Gasteiger partial charge in [0, 0.05) is 14.1 Å². The minimum atomic E-state index is -1.08. The summed E-state index contributed by atoms with van der Waals surface area (Å²) in [6.45, 7) is 0. The van der Waals surface area contributed by atoms with Crippen molar-refractivity contribution in [2.45, 2.75) is 0 Å². The highest BCUT2D eigenvalue weighted by Gasteiger charge is 2.20. The van der Waals surface area contributed by atoms with Gasteiger partial charge in [-0.3, -0.25) is 10.0 Å². The van der Waals surface area contributed by atoms with Gasteiger partial charge < -0.3 is 23.7 Å². The molecule has 2 rings (SSSR count). The lowest BCUT2D eigenvalue weighted by atomic mass is 10.2. The van der Waals surface area contributed by atoms with Crippen molar-refractivity contribution in [3.8, 4) is 23.0 Å². The smallest absolute Gasteiger partial charge is 0.435 e.